The summed E-state index contributed by atoms with van der Waals surface area (Å²) >= 11 is 0. The first-order chi connectivity index (χ1) is 7.41. The maximum Gasteiger partial charge on any atom is 0.335 e. The molecular weight excluding hydrogens is 216 g/mol. The molecule has 2 rings (SSSR count). The Bertz CT molecular complexity index is 432. The minimum atomic E-state index is -1.35. The number of carboxylic acids is 1. The van der Waals surface area contributed by atoms with Crippen molar-refractivity contribution in [2.45, 2.75) is 24.8 Å². The van der Waals surface area contributed by atoms with Crippen LogP contribution >= 0.6 is 0 Å². The monoisotopic (exact) mass is 227 g/mol. The number of carbonyl (C=O) groups is 1. The average Bonchev–Trinajstić information content (AvgIpc) is 2.90. The number of aromatic carboxylic acids is 1. The van der Waals surface area contributed by atoms with Gasteiger partial charge in [0.05, 0.1) is 5.56 Å². The topological polar surface area (TPSA) is 63.3 Å². The first kappa shape index (κ1) is 11.0. The third-order valence-electron chi connectivity index (χ3n) is 2.81. The minimum absolute atomic E-state index is 0.116. The SMILES string of the molecule is NC1(Cc2c(F)cc(C(=O)O)cc2F)CC1. The smallest absolute Gasteiger partial charge is 0.335 e. The van der Waals surface area contributed by atoms with E-state index < -0.39 is 23.1 Å². The van der Waals surface area contributed by atoms with Crippen LogP contribution in [0.25, 0.3) is 0 Å². The van der Waals surface area contributed by atoms with E-state index in [-0.39, 0.29) is 17.5 Å². The second-order valence-corrected chi connectivity index (χ2v) is 4.26. The fourth-order valence-electron chi connectivity index (χ4n) is 1.58. The van der Waals surface area contributed by atoms with Crippen LogP contribution in [0.1, 0.15) is 28.8 Å². The van der Waals surface area contributed by atoms with Crippen molar-refractivity contribution < 1.29 is 18.7 Å². The summed E-state index contributed by atoms with van der Waals surface area (Å²) < 4.78 is 26.9. The molecule has 3 N–H and O–H groups in total. The van der Waals surface area contributed by atoms with Crippen molar-refractivity contribution >= 4 is 5.97 Å². The van der Waals surface area contributed by atoms with Gasteiger partial charge in [-0.25, -0.2) is 13.6 Å². The summed E-state index contributed by atoms with van der Waals surface area (Å²) in [7, 11) is 0. The van der Waals surface area contributed by atoms with E-state index in [2.05, 4.69) is 0 Å². The van der Waals surface area contributed by atoms with E-state index in [1.807, 2.05) is 0 Å². The highest BCUT2D eigenvalue weighted by molar-refractivity contribution is 5.87. The van der Waals surface area contributed by atoms with E-state index in [0.717, 1.165) is 25.0 Å². The zero-order valence-electron chi connectivity index (χ0n) is 8.46. The van der Waals surface area contributed by atoms with Gasteiger partial charge in [0.1, 0.15) is 11.6 Å². The third kappa shape index (κ3) is 2.04. The number of benzene rings is 1. The van der Waals surface area contributed by atoms with Crippen molar-refractivity contribution in [1.82, 2.24) is 0 Å². The highest BCUT2D eigenvalue weighted by atomic mass is 19.1. The molecule has 0 unspecified atom stereocenters. The highest BCUT2D eigenvalue weighted by Crippen LogP contribution is 2.36. The third-order valence-corrected chi connectivity index (χ3v) is 2.81. The molecule has 0 spiro atoms. The number of halogens is 2. The number of hydrogen-bond donors (Lipinski definition) is 2. The van der Waals surface area contributed by atoms with Crippen LogP contribution in [0.5, 0.6) is 0 Å². The van der Waals surface area contributed by atoms with Gasteiger partial charge in [-0.1, -0.05) is 0 Å². The van der Waals surface area contributed by atoms with Crippen molar-refractivity contribution in [3.63, 3.8) is 0 Å². The van der Waals surface area contributed by atoms with Gasteiger partial charge in [-0.2, -0.15) is 0 Å². The zero-order valence-corrected chi connectivity index (χ0v) is 8.46. The Morgan fingerprint density at radius 2 is 1.88 bits per heavy atom. The molecule has 0 saturated heterocycles. The summed E-state index contributed by atoms with van der Waals surface area (Å²) in [5.74, 6) is -3.03. The molecule has 0 atom stereocenters. The Morgan fingerprint density at radius 3 is 2.25 bits per heavy atom. The van der Waals surface area contributed by atoms with E-state index in [9.17, 15) is 13.6 Å². The summed E-state index contributed by atoms with van der Waals surface area (Å²) in [4.78, 5) is 10.6. The number of rotatable bonds is 3. The molecule has 1 saturated carbocycles. The molecule has 0 aromatic heterocycles. The minimum Gasteiger partial charge on any atom is -0.478 e. The largest absolute Gasteiger partial charge is 0.478 e. The summed E-state index contributed by atoms with van der Waals surface area (Å²) in [5, 5.41) is 8.61. The van der Waals surface area contributed by atoms with Crippen LogP contribution in [0.2, 0.25) is 0 Å². The van der Waals surface area contributed by atoms with Crippen molar-refractivity contribution in [2.24, 2.45) is 5.73 Å². The maximum atomic E-state index is 13.5. The Labute approximate surface area is 90.9 Å². The standard InChI is InChI=1S/C11H11F2NO2/c12-8-3-6(10(15)16)4-9(13)7(8)5-11(14)1-2-11/h3-4H,1-2,5,14H2,(H,15,16). The van der Waals surface area contributed by atoms with E-state index in [1.165, 1.54) is 0 Å². The van der Waals surface area contributed by atoms with Gasteiger partial charge in [0.25, 0.3) is 0 Å². The molecule has 3 nitrogen and oxygen atoms in total. The Kier molecular flexibility index (Phi) is 2.42. The zero-order chi connectivity index (χ0) is 11.9. The van der Waals surface area contributed by atoms with Crippen molar-refractivity contribution in [2.75, 3.05) is 0 Å². The van der Waals surface area contributed by atoms with E-state index in [1.54, 1.807) is 0 Å². The van der Waals surface area contributed by atoms with Gasteiger partial charge in [-0.05, 0) is 31.4 Å². The van der Waals surface area contributed by atoms with Gasteiger partial charge in [-0.15, -0.1) is 0 Å². The van der Waals surface area contributed by atoms with Crippen molar-refractivity contribution in [1.29, 1.82) is 0 Å². The molecular formula is C11H11F2NO2. The molecule has 1 aromatic carbocycles. The van der Waals surface area contributed by atoms with Crippen LogP contribution in [0.15, 0.2) is 12.1 Å². The van der Waals surface area contributed by atoms with Crippen LogP contribution in [0.3, 0.4) is 0 Å². The molecule has 1 fully saturated rings. The molecule has 5 heteroatoms. The van der Waals surface area contributed by atoms with Crippen LogP contribution in [0, 0.1) is 11.6 Å². The molecule has 0 radical (unpaired) electrons. The average molecular weight is 227 g/mol. The van der Waals surface area contributed by atoms with Crippen molar-refractivity contribution in [3.05, 3.63) is 34.9 Å². The Balaban J connectivity index is 2.35. The lowest BCUT2D eigenvalue weighted by Gasteiger charge is -2.11. The fraction of sp³-hybridized carbons (Fsp3) is 0.364. The van der Waals surface area contributed by atoms with Crippen LogP contribution in [-0.4, -0.2) is 16.6 Å². The molecule has 0 aliphatic heterocycles. The summed E-state index contributed by atoms with van der Waals surface area (Å²) in [6.45, 7) is 0. The molecule has 86 valence electrons. The molecule has 1 aromatic rings. The number of nitrogens with two attached hydrogens (primary N) is 1. The van der Waals surface area contributed by atoms with E-state index >= 15 is 0 Å². The first-order valence-electron chi connectivity index (χ1n) is 4.91. The number of carboxylic acid groups (broad SMARTS) is 1. The molecule has 16 heavy (non-hydrogen) atoms. The quantitative estimate of drug-likeness (QED) is 0.826. The normalized spacial score (nSPS) is 17.2. The molecule has 0 amide bonds. The van der Waals surface area contributed by atoms with Crippen molar-refractivity contribution in [3.8, 4) is 0 Å². The predicted octanol–water partition coefficient (Wildman–Crippen LogP) is 1.70. The molecule has 0 heterocycles. The van der Waals surface area contributed by atoms with Gasteiger partial charge in [0.15, 0.2) is 0 Å². The lowest BCUT2D eigenvalue weighted by Crippen LogP contribution is -2.25. The summed E-state index contributed by atoms with van der Waals surface area (Å²) in [6, 6.07) is 1.65. The first-order valence-corrected chi connectivity index (χ1v) is 4.91. The lowest BCUT2D eigenvalue weighted by atomic mass is 10.0. The molecule has 1 aliphatic carbocycles. The second kappa shape index (κ2) is 3.52. The number of hydrogen-bond acceptors (Lipinski definition) is 2. The second-order valence-electron chi connectivity index (χ2n) is 4.26. The van der Waals surface area contributed by atoms with E-state index in [4.69, 9.17) is 10.8 Å². The van der Waals surface area contributed by atoms with Crippen LogP contribution in [-0.2, 0) is 6.42 Å². The van der Waals surface area contributed by atoms with Gasteiger partial charge in [-0.3, -0.25) is 0 Å². The van der Waals surface area contributed by atoms with Crippen LogP contribution in [0.4, 0.5) is 8.78 Å². The summed E-state index contributed by atoms with van der Waals surface area (Å²) in [6.07, 6.45) is 1.60. The lowest BCUT2D eigenvalue weighted by molar-refractivity contribution is 0.0695. The Morgan fingerprint density at radius 1 is 1.38 bits per heavy atom. The maximum absolute atomic E-state index is 13.5. The molecule has 1 aliphatic rings. The van der Waals surface area contributed by atoms with Gasteiger partial charge in [0, 0.05) is 11.1 Å². The Hall–Kier alpha value is -1.49. The van der Waals surface area contributed by atoms with Gasteiger partial charge < -0.3 is 10.8 Å². The predicted molar refractivity (Wildman–Crippen MR) is 53.2 cm³/mol. The summed E-state index contributed by atoms with van der Waals surface area (Å²) in [5.41, 5.74) is 4.75. The van der Waals surface area contributed by atoms with Gasteiger partial charge in [0.2, 0.25) is 0 Å². The van der Waals surface area contributed by atoms with Gasteiger partial charge >= 0.3 is 5.97 Å². The van der Waals surface area contributed by atoms with Crippen LogP contribution < -0.4 is 5.73 Å². The molecule has 0 bridgehead atoms. The fourth-order valence-corrected chi connectivity index (χ4v) is 1.58. The van der Waals surface area contributed by atoms with E-state index in [0.29, 0.717) is 0 Å². The highest BCUT2D eigenvalue weighted by Gasteiger charge is 2.39.